The molecule has 0 spiro atoms. The average Bonchev–Trinajstić information content (AvgIpc) is 1.21. The number of anilines is 6. The second-order valence-corrected chi connectivity index (χ2v) is 25.1. The minimum Gasteiger partial charge on any atom is -0.310 e. The number of benzene rings is 15. The van der Waals surface area contributed by atoms with Crippen molar-refractivity contribution in [3.8, 4) is 61.3 Å². The van der Waals surface area contributed by atoms with Crippen molar-refractivity contribution in [2.24, 2.45) is 0 Å². The number of fused-ring (bicyclic) bond motifs is 5. The van der Waals surface area contributed by atoms with Gasteiger partial charge in [0.1, 0.15) is 0 Å². The summed E-state index contributed by atoms with van der Waals surface area (Å²) in [7, 11) is 0. The molecule has 0 saturated heterocycles. The van der Waals surface area contributed by atoms with E-state index in [1.54, 1.807) is 0 Å². The van der Waals surface area contributed by atoms with Crippen molar-refractivity contribution in [2.75, 3.05) is 9.80 Å². The fourth-order valence-corrected chi connectivity index (χ4v) is 15.3. The third-order valence-corrected chi connectivity index (χ3v) is 19.2. The highest BCUT2D eigenvalue weighted by Gasteiger charge is 2.46. The van der Waals surface area contributed by atoms with Crippen LogP contribution in [0.2, 0.25) is 0 Å². The number of rotatable bonds is 8. The number of para-hydroxylation sites is 2. The Labute approximate surface area is 513 Å². The molecule has 15 aromatic carbocycles. The fraction of sp³-hybridized carbons (Fsp3) is 0.0476. The minimum atomic E-state index is -0.270. The van der Waals surface area contributed by atoms with Crippen molar-refractivity contribution in [3.63, 3.8) is 0 Å². The Morgan fingerprint density at radius 1 is 0.295 bits per heavy atom. The number of hydrogen-bond acceptors (Lipinski definition) is 2. The summed E-state index contributed by atoms with van der Waals surface area (Å²) in [4.78, 5) is 5.37. The molecule has 2 aliphatic rings. The summed E-state index contributed by atoms with van der Waals surface area (Å²) < 4.78 is 2.57. The molecule has 3 nitrogen and oxygen atoms in total. The predicted molar refractivity (Wildman–Crippen MR) is 376 cm³/mol. The normalized spacial score (nSPS) is 12.9. The number of aromatic nitrogens is 1. The molecule has 16 aromatic rings. The van der Waals surface area contributed by atoms with Crippen LogP contribution in [0.1, 0.15) is 26.3 Å². The van der Waals surface area contributed by atoms with Crippen molar-refractivity contribution in [1.82, 2.24) is 4.57 Å². The Kier molecular flexibility index (Phi) is 11.0. The first kappa shape index (κ1) is 50.4. The van der Waals surface area contributed by atoms with Crippen LogP contribution in [0.4, 0.5) is 34.1 Å². The van der Waals surface area contributed by atoms with Crippen molar-refractivity contribution in [1.29, 1.82) is 0 Å². The molecule has 3 heterocycles. The summed E-state index contributed by atoms with van der Waals surface area (Å²) in [6.45, 7) is 6.98. The van der Waals surface area contributed by atoms with Crippen LogP contribution in [0.25, 0.3) is 115 Å². The molecular weight excluding hydrogens is 1060 g/mol. The van der Waals surface area contributed by atoms with Gasteiger partial charge in [-0.25, -0.2) is 0 Å². The van der Waals surface area contributed by atoms with E-state index in [-0.39, 0.29) is 12.1 Å². The topological polar surface area (TPSA) is 11.4 Å². The van der Waals surface area contributed by atoms with Gasteiger partial charge in [0.2, 0.25) is 0 Å². The molecular formula is C84H58BN3. The Morgan fingerprint density at radius 3 is 1.12 bits per heavy atom. The predicted octanol–water partition coefficient (Wildman–Crippen LogP) is 20.8. The highest BCUT2D eigenvalue weighted by Crippen LogP contribution is 2.55. The zero-order valence-corrected chi connectivity index (χ0v) is 49.2. The third-order valence-electron chi connectivity index (χ3n) is 19.2. The zero-order chi connectivity index (χ0) is 58.4. The van der Waals surface area contributed by atoms with Gasteiger partial charge in [-0.2, -0.15) is 0 Å². The maximum atomic E-state index is 2.70. The van der Waals surface area contributed by atoms with Crippen LogP contribution < -0.4 is 26.2 Å². The van der Waals surface area contributed by atoms with E-state index in [4.69, 9.17) is 0 Å². The van der Waals surface area contributed by atoms with Gasteiger partial charge in [0.15, 0.2) is 0 Å². The summed E-state index contributed by atoms with van der Waals surface area (Å²) in [6.07, 6.45) is 0. The molecule has 0 amide bonds. The number of hydrogen-bond donors (Lipinski definition) is 0. The molecule has 0 N–H and O–H groups in total. The molecule has 0 atom stereocenters. The quantitative estimate of drug-likeness (QED) is 0.0853. The lowest BCUT2D eigenvalue weighted by Gasteiger charge is -2.46. The Hall–Kier alpha value is -10.9. The Morgan fingerprint density at radius 2 is 0.693 bits per heavy atom. The molecule has 0 fully saturated rings. The third kappa shape index (κ3) is 7.45. The summed E-state index contributed by atoms with van der Waals surface area (Å²) in [5.41, 5.74) is 26.9. The molecule has 0 radical (unpaired) electrons. The van der Waals surface area contributed by atoms with E-state index in [0.29, 0.717) is 0 Å². The monoisotopic (exact) mass is 1120 g/mol. The van der Waals surface area contributed by atoms with Crippen molar-refractivity contribution < 1.29 is 0 Å². The lowest BCUT2D eigenvalue weighted by Crippen LogP contribution is -2.61. The number of nitrogens with zero attached hydrogens (tertiary/aromatic N) is 3. The van der Waals surface area contributed by atoms with E-state index in [1.807, 2.05) is 0 Å². The van der Waals surface area contributed by atoms with Crippen LogP contribution in [-0.2, 0) is 5.41 Å². The van der Waals surface area contributed by atoms with Crippen molar-refractivity contribution in [3.05, 3.63) is 303 Å². The average molecular weight is 1120 g/mol. The first-order valence-electron chi connectivity index (χ1n) is 30.9. The van der Waals surface area contributed by atoms with Gasteiger partial charge in [-0.15, -0.1) is 0 Å². The molecule has 412 valence electrons. The lowest BCUT2D eigenvalue weighted by atomic mass is 9.33. The molecule has 0 aliphatic carbocycles. The molecule has 0 unspecified atom stereocenters. The summed E-state index contributed by atoms with van der Waals surface area (Å²) in [6, 6.07) is 112. The lowest BCUT2D eigenvalue weighted by molar-refractivity contribution is 0.590. The van der Waals surface area contributed by atoms with Gasteiger partial charge in [0.05, 0.1) is 22.4 Å². The Balaban J connectivity index is 1.01. The van der Waals surface area contributed by atoms with E-state index < -0.39 is 0 Å². The van der Waals surface area contributed by atoms with Gasteiger partial charge in [0, 0.05) is 61.5 Å². The molecule has 0 bridgehead atoms. The van der Waals surface area contributed by atoms with Gasteiger partial charge >= 0.3 is 0 Å². The van der Waals surface area contributed by atoms with Crippen LogP contribution >= 0.6 is 0 Å². The van der Waals surface area contributed by atoms with Crippen molar-refractivity contribution in [2.45, 2.75) is 26.2 Å². The second-order valence-electron chi connectivity index (χ2n) is 25.1. The maximum Gasteiger partial charge on any atom is 0.252 e. The van der Waals surface area contributed by atoms with Gasteiger partial charge in [-0.3, -0.25) is 0 Å². The van der Waals surface area contributed by atoms with Gasteiger partial charge in [-0.1, -0.05) is 276 Å². The molecule has 1 aromatic heterocycles. The van der Waals surface area contributed by atoms with E-state index in [2.05, 4.69) is 332 Å². The second kappa shape index (κ2) is 19.3. The first-order valence-corrected chi connectivity index (χ1v) is 30.9. The van der Waals surface area contributed by atoms with Crippen LogP contribution in [-0.4, -0.2) is 11.3 Å². The molecule has 88 heavy (non-hydrogen) atoms. The molecule has 18 rings (SSSR count). The van der Waals surface area contributed by atoms with E-state index in [9.17, 15) is 0 Å². The van der Waals surface area contributed by atoms with E-state index in [1.165, 1.54) is 115 Å². The summed E-state index contributed by atoms with van der Waals surface area (Å²) in [5.74, 6) is 0. The van der Waals surface area contributed by atoms with Crippen LogP contribution in [0.15, 0.2) is 297 Å². The SMILES string of the molecule is CC(C)(C)c1cc2c3c(c1)N(c1c(-c4ccccc4)cccc1-c1ccccc1)c1cc(-n4c5ccc6cccc7c8cccc9ccc4c(c98)c5c67)ccc1B3c1ccc(-c3ccccc3)cc1N2c1c(-c2ccccc2)cccc1-c1ccccc1. The van der Waals surface area contributed by atoms with Crippen molar-refractivity contribution >= 4 is 111 Å². The van der Waals surface area contributed by atoms with E-state index >= 15 is 0 Å². The zero-order valence-electron chi connectivity index (χ0n) is 49.2. The van der Waals surface area contributed by atoms with E-state index in [0.717, 1.165) is 56.1 Å². The van der Waals surface area contributed by atoms with Gasteiger partial charge in [0.25, 0.3) is 6.71 Å². The largest absolute Gasteiger partial charge is 0.310 e. The molecule has 0 saturated carbocycles. The Bertz CT molecular complexity index is 5200. The highest BCUT2D eigenvalue weighted by atomic mass is 15.2. The standard InChI is InChI=1S/C84H58BN3/c1-84(2,3)61-50-75-81-76(51-61)88(83-65(56-29-15-7-16-30-56)37-22-38-66(83)57-31-17-8-18-32-57)74-52-62(86-71-47-42-58-33-19-39-67-68-40-20-34-59-43-48-72(86)80(78(59)68)79(71)77(58)67)44-46-70(74)85(81)69-45-41-60(53-23-9-4-10-24-53)49-73(69)87(75)82-63(54-25-11-5-12-26-54)35-21-36-64(82)55-27-13-6-14-28-55/h4-52H,1-3H3. The molecule has 2 aliphatic heterocycles. The smallest absolute Gasteiger partial charge is 0.252 e. The van der Waals surface area contributed by atoms with Gasteiger partial charge < -0.3 is 14.4 Å². The maximum absolute atomic E-state index is 2.70. The fourth-order valence-electron chi connectivity index (χ4n) is 15.3. The highest BCUT2D eigenvalue weighted by molar-refractivity contribution is 7.00. The van der Waals surface area contributed by atoms with Crippen LogP contribution in [0, 0.1) is 0 Å². The molecule has 4 heteroatoms. The van der Waals surface area contributed by atoms with Gasteiger partial charge in [-0.05, 0) is 136 Å². The first-order chi connectivity index (χ1) is 43.3. The van der Waals surface area contributed by atoms with Crippen LogP contribution in [0.3, 0.4) is 0 Å². The minimum absolute atomic E-state index is 0.165. The summed E-state index contributed by atoms with van der Waals surface area (Å²) >= 11 is 0. The van der Waals surface area contributed by atoms with Crippen LogP contribution in [0.5, 0.6) is 0 Å². The summed E-state index contributed by atoms with van der Waals surface area (Å²) in [5, 5.41) is 10.5.